The van der Waals surface area contributed by atoms with Crippen LogP contribution in [0.25, 0.3) is 11.3 Å². The predicted octanol–water partition coefficient (Wildman–Crippen LogP) is 1.32. The van der Waals surface area contributed by atoms with E-state index in [2.05, 4.69) is 30.5 Å². The van der Waals surface area contributed by atoms with Crippen molar-refractivity contribution in [3.05, 3.63) is 67.0 Å². The van der Waals surface area contributed by atoms with E-state index in [1.807, 2.05) is 40.9 Å². The maximum Gasteiger partial charge on any atom is 0.272 e. The fraction of sp³-hybridized carbons (Fsp3) is 0.211. The summed E-state index contributed by atoms with van der Waals surface area (Å²) in [7, 11) is 0. The molecule has 4 heterocycles. The van der Waals surface area contributed by atoms with Gasteiger partial charge in [0.15, 0.2) is 11.5 Å². The van der Waals surface area contributed by atoms with Gasteiger partial charge in [0.05, 0.1) is 5.69 Å². The highest BCUT2D eigenvalue weighted by atomic mass is 16.2. The molecule has 1 N–H and O–H groups in total. The number of fused-ring (bicyclic) bond motifs is 1. The minimum atomic E-state index is -0.171. The van der Waals surface area contributed by atoms with Gasteiger partial charge in [-0.2, -0.15) is 5.10 Å². The maximum atomic E-state index is 12.6. The zero-order chi connectivity index (χ0) is 18.9. The minimum absolute atomic E-state index is 0.0272. The summed E-state index contributed by atoms with van der Waals surface area (Å²) in [6, 6.07) is 11.5. The van der Waals surface area contributed by atoms with Crippen molar-refractivity contribution in [2.45, 2.75) is 12.5 Å². The lowest BCUT2D eigenvalue weighted by molar-refractivity contribution is 0.0935. The van der Waals surface area contributed by atoms with Crippen LogP contribution in [0.3, 0.4) is 0 Å². The van der Waals surface area contributed by atoms with Gasteiger partial charge in [-0.15, -0.1) is 10.2 Å². The van der Waals surface area contributed by atoms with E-state index in [1.165, 1.54) is 0 Å². The van der Waals surface area contributed by atoms with E-state index in [0.717, 1.165) is 30.1 Å². The molecule has 1 amide bonds. The van der Waals surface area contributed by atoms with E-state index in [1.54, 1.807) is 29.5 Å². The summed E-state index contributed by atoms with van der Waals surface area (Å²) in [5.74, 6) is 0.611. The van der Waals surface area contributed by atoms with E-state index >= 15 is 0 Å². The van der Waals surface area contributed by atoms with Crippen LogP contribution in [0.2, 0.25) is 0 Å². The van der Waals surface area contributed by atoms with Gasteiger partial charge in [0.2, 0.25) is 5.65 Å². The maximum absolute atomic E-state index is 12.6. The van der Waals surface area contributed by atoms with Crippen molar-refractivity contribution in [3.63, 3.8) is 0 Å². The van der Waals surface area contributed by atoms with Crippen molar-refractivity contribution in [2.24, 2.45) is 0 Å². The van der Waals surface area contributed by atoms with Gasteiger partial charge in [-0.3, -0.25) is 9.20 Å². The highest BCUT2D eigenvalue weighted by Gasteiger charge is 2.27. The van der Waals surface area contributed by atoms with Crippen molar-refractivity contribution in [2.75, 3.05) is 18.0 Å². The summed E-state index contributed by atoms with van der Waals surface area (Å²) in [6.07, 6.45) is 7.83. The SMILES string of the molecule is O=C(N[C@H]1CCN(c2nccn3cnnc23)C1)c1ccn(-c2ccccc2)n1. The molecule has 1 saturated heterocycles. The van der Waals surface area contributed by atoms with Gasteiger partial charge in [0.25, 0.3) is 5.91 Å². The van der Waals surface area contributed by atoms with Crippen LogP contribution >= 0.6 is 0 Å². The molecule has 9 nitrogen and oxygen atoms in total. The van der Waals surface area contributed by atoms with E-state index in [9.17, 15) is 4.79 Å². The van der Waals surface area contributed by atoms with Crippen molar-refractivity contribution >= 4 is 17.4 Å². The molecular weight excluding hydrogens is 356 g/mol. The van der Waals surface area contributed by atoms with Crippen LogP contribution in [0.4, 0.5) is 5.82 Å². The first kappa shape index (κ1) is 16.4. The molecule has 5 rings (SSSR count). The molecule has 1 aliphatic rings. The van der Waals surface area contributed by atoms with Gasteiger partial charge >= 0.3 is 0 Å². The summed E-state index contributed by atoms with van der Waals surface area (Å²) >= 11 is 0. The lowest BCUT2D eigenvalue weighted by Gasteiger charge is -2.17. The molecule has 28 heavy (non-hydrogen) atoms. The topological polar surface area (TPSA) is 93.2 Å². The predicted molar refractivity (Wildman–Crippen MR) is 102 cm³/mol. The molecule has 1 aromatic carbocycles. The minimum Gasteiger partial charge on any atom is -0.351 e. The molecule has 1 fully saturated rings. The van der Waals surface area contributed by atoms with Crippen LogP contribution in [0.15, 0.2) is 61.3 Å². The van der Waals surface area contributed by atoms with Crippen LogP contribution in [0, 0.1) is 0 Å². The largest absolute Gasteiger partial charge is 0.351 e. The Morgan fingerprint density at radius 2 is 2.04 bits per heavy atom. The number of carbonyl (C=O) groups excluding carboxylic acids is 1. The number of hydrogen-bond donors (Lipinski definition) is 1. The van der Waals surface area contributed by atoms with E-state index in [0.29, 0.717) is 12.2 Å². The molecule has 0 unspecified atom stereocenters. The summed E-state index contributed by atoms with van der Waals surface area (Å²) < 4.78 is 3.54. The monoisotopic (exact) mass is 374 g/mol. The Morgan fingerprint density at radius 3 is 2.93 bits per heavy atom. The molecule has 0 spiro atoms. The number of nitrogens with zero attached hydrogens (tertiary/aromatic N) is 7. The standard InChI is InChI=1S/C19H18N8O/c28-19(16-7-10-27(24-16)15-4-2-1-3-5-15)22-14-6-9-25(12-14)17-18-23-21-13-26(18)11-8-20-17/h1-5,7-8,10-11,13-14H,6,9,12H2,(H,22,28)/t14-/m0/s1. The normalized spacial score (nSPS) is 16.6. The Morgan fingerprint density at radius 1 is 1.14 bits per heavy atom. The third kappa shape index (κ3) is 2.96. The van der Waals surface area contributed by atoms with Crippen molar-refractivity contribution < 1.29 is 4.79 Å². The first-order valence-corrected chi connectivity index (χ1v) is 9.09. The number of hydrogen-bond acceptors (Lipinski definition) is 6. The Balaban J connectivity index is 1.27. The van der Waals surface area contributed by atoms with Gasteiger partial charge in [0, 0.05) is 37.7 Å². The number of aromatic nitrogens is 6. The lowest BCUT2D eigenvalue weighted by Crippen LogP contribution is -2.37. The second-order valence-electron chi connectivity index (χ2n) is 6.70. The average Bonchev–Trinajstić information content (AvgIpc) is 3.48. The van der Waals surface area contributed by atoms with Crippen LogP contribution in [-0.2, 0) is 0 Å². The van der Waals surface area contributed by atoms with Gasteiger partial charge in [-0.05, 0) is 24.6 Å². The molecule has 1 aliphatic heterocycles. The first-order chi connectivity index (χ1) is 13.8. The number of rotatable bonds is 4. The number of benzene rings is 1. The fourth-order valence-electron chi connectivity index (χ4n) is 3.47. The lowest BCUT2D eigenvalue weighted by atomic mass is 10.2. The highest BCUT2D eigenvalue weighted by molar-refractivity contribution is 5.92. The summed E-state index contributed by atoms with van der Waals surface area (Å²) in [6.45, 7) is 1.47. The Hall–Kier alpha value is -3.75. The average molecular weight is 374 g/mol. The Bertz CT molecular complexity index is 1120. The Kier molecular flexibility index (Phi) is 3.97. The van der Waals surface area contributed by atoms with Crippen LogP contribution in [0.1, 0.15) is 16.9 Å². The van der Waals surface area contributed by atoms with Crippen LogP contribution in [0.5, 0.6) is 0 Å². The zero-order valence-electron chi connectivity index (χ0n) is 15.0. The van der Waals surface area contributed by atoms with Crippen molar-refractivity contribution in [3.8, 4) is 5.69 Å². The smallest absolute Gasteiger partial charge is 0.272 e. The fourth-order valence-corrected chi connectivity index (χ4v) is 3.47. The quantitative estimate of drug-likeness (QED) is 0.579. The second kappa shape index (κ2) is 6.76. The summed E-state index contributed by atoms with van der Waals surface area (Å²) in [4.78, 5) is 19.2. The molecular formula is C19H18N8O. The number of amides is 1. The molecule has 9 heteroatoms. The van der Waals surface area contributed by atoms with Crippen molar-refractivity contribution in [1.29, 1.82) is 0 Å². The zero-order valence-corrected chi connectivity index (χ0v) is 15.0. The van der Waals surface area contributed by atoms with Crippen molar-refractivity contribution in [1.82, 2.24) is 34.7 Å². The molecule has 140 valence electrons. The molecule has 0 aliphatic carbocycles. The van der Waals surface area contributed by atoms with Gasteiger partial charge in [-0.25, -0.2) is 9.67 Å². The third-order valence-corrected chi connectivity index (χ3v) is 4.86. The highest BCUT2D eigenvalue weighted by Crippen LogP contribution is 2.21. The molecule has 0 bridgehead atoms. The van der Waals surface area contributed by atoms with Gasteiger partial charge < -0.3 is 10.2 Å². The summed E-state index contributed by atoms with van der Waals surface area (Å²) in [5.41, 5.74) is 2.04. The van der Waals surface area contributed by atoms with E-state index in [-0.39, 0.29) is 11.9 Å². The van der Waals surface area contributed by atoms with Crippen LogP contribution < -0.4 is 10.2 Å². The number of para-hydroxylation sites is 1. The first-order valence-electron chi connectivity index (χ1n) is 9.09. The molecule has 4 aromatic rings. The molecule has 1 atom stereocenters. The number of carbonyl (C=O) groups is 1. The molecule has 0 radical (unpaired) electrons. The van der Waals surface area contributed by atoms with Gasteiger partial charge in [0.1, 0.15) is 6.33 Å². The number of anilines is 1. The summed E-state index contributed by atoms with van der Waals surface area (Å²) in [5, 5.41) is 15.5. The van der Waals surface area contributed by atoms with E-state index < -0.39 is 0 Å². The molecule has 0 saturated carbocycles. The Labute approximate surface area is 160 Å². The second-order valence-corrected chi connectivity index (χ2v) is 6.70. The van der Waals surface area contributed by atoms with Gasteiger partial charge in [-0.1, -0.05) is 18.2 Å². The number of nitrogens with one attached hydrogen (secondary N) is 1. The third-order valence-electron chi connectivity index (χ3n) is 4.86. The van der Waals surface area contributed by atoms with E-state index in [4.69, 9.17) is 0 Å². The van der Waals surface area contributed by atoms with Crippen LogP contribution in [-0.4, -0.2) is 54.4 Å². The molecule has 3 aromatic heterocycles.